The lowest BCUT2D eigenvalue weighted by molar-refractivity contribution is -0.00558. The van der Waals surface area contributed by atoms with Crippen LogP contribution < -0.4 is 24.7 Å². The molecule has 7 heteroatoms. The van der Waals surface area contributed by atoms with E-state index in [1.807, 2.05) is 48.5 Å². The van der Waals surface area contributed by atoms with Crippen LogP contribution in [-0.2, 0) is 9.47 Å². The van der Waals surface area contributed by atoms with Crippen LogP contribution in [0.15, 0.2) is 48.5 Å². The molecule has 0 spiro atoms. The van der Waals surface area contributed by atoms with E-state index < -0.39 is 0 Å². The summed E-state index contributed by atoms with van der Waals surface area (Å²) in [5, 5.41) is 0. The smallest absolute Gasteiger partial charge is 0.161 e. The Hall–Kier alpha value is -2.48. The highest BCUT2D eigenvalue weighted by Crippen LogP contribution is 2.28. The van der Waals surface area contributed by atoms with E-state index in [0.29, 0.717) is 75.8 Å². The lowest BCUT2D eigenvalue weighted by atomic mass is 10.3. The van der Waals surface area contributed by atoms with Gasteiger partial charge in [0.15, 0.2) is 23.0 Å². The minimum absolute atomic E-state index is 0.291. The van der Waals surface area contributed by atoms with E-state index in [2.05, 4.69) is 0 Å². The fourth-order valence-electron chi connectivity index (χ4n) is 2.64. The van der Waals surface area contributed by atoms with Gasteiger partial charge in [-0.2, -0.15) is 0 Å². The summed E-state index contributed by atoms with van der Waals surface area (Å²) >= 11 is 0. The standard InChI is InChI=1S/C21H27NO6/c22-9-10-24-17-15-27-20-7-3-1-5-18(20)25-13-11-23-12-14-26-19-6-2-4-8-21(19)28-16-17/h1-8,17H,9-16,22H2. The summed E-state index contributed by atoms with van der Waals surface area (Å²) in [5.41, 5.74) is 5.58. The van der Waals surface area contributed by atoms with Gasteiger partial charge in [-0.15, -0.1) is 0 Å². The number of hydrogen-bond acceptors (Lipinski definition) is 7. The Kier molecular flexibility index (Phi) is 8.24. The van der Waals surface area contributed by atoms with Gasteiger partial charge in [-0.3, -0.25) is 0 Å². The minimum Gasteiger partial charge on any atom is -0.487 e. The molecule has 0 saturated heterocycles. The molecule has 152 valence electrons. The number of nitrogens with two attached hydrogens (primary N) is 1. The SMILES string of the molecule is NCCOC1COc2ccccc2OCCOCCOc2ccccc2OC1. The second-order valence-electron chi connectivity index (χ2n) is 6.11. The quantitative estimate of drug-likeness (QED) is 0.862. The van der Waals surface area contributed by atoms with Crippen LogP contribution in [0.1, 0.15) is 0 Å². The van der Waals surface area contributed by atoms with E-state index in [0.717, 1.165) is 0 Å². The summed E-state index contributed by atoms with van der Waals surface area (Å²) in [7, 11) is 0. The molecule has 0 unspecified atom stereocenters. The lowest BCUT2D eigenvalue weighted by Gasteiger charge is -2.21. The van der Waals surface area contributed by atoms with Crippen molar-refractivity contribution in [2.75, 3.05) is 52.8 Å². The molecule has 2 aromatic carbocycles. The Morgan fingerprint density at radius 3 is 1.64 bits per heavy atom. The molecular weight excluding hydrogens is 362 g/mol. The van der Waals surface area contributed by atoms with E-state index in [4.69, 9.17) is 34.2 Å². The van der Waals surface area contributed by atoms with Gasteiger partial charge in [-0.25, -0.2) is 0 Å². The molecule has 7 nitrogen and oxygen atoms in total. The van der Waals surface area contributed by atoms with Gasteiger partial charge in [0.05, 0.1) is 19.8 Å². The average Bonchev–Trinajstić information content (AvgIpc) is 2.73. The first kappa shape index (κ1) is 20.3. The molecule has 0 atom stereocenters. The first-order chi connectivity index (χ1) is 13.9. The molecule has 0 aromatic heterocycles. The number of benzene rings is 2. The number of para-hydroxylation sites is 4. The van der Waals surface area contributed by atoms with Crippen molar-refractivity contribution in [1.82, 2.24) is 0 Å². The third kappa shape index (κ3) is 6.30. The fourth-order valence-corrected chi connectivity index (χ4v) is 2.64. The van der Waals surface area contributed by atoms with Crippen molar-refractivity contribution in [3.05, 3.63) is 48.5 Å². The predicted molar refractivity (Wildman–Crippen MR) is 104 cm³/mol. The zero-order chi connectivity index (χ0) is 19.4. The maximum absolute atomic E-state index is 5.94. The second-order valence-corrected chi connectivity index (χ2v) is 6.11. The van der Waals surface area contributed by atoms with Crippen LogP contribution in [0.2, 0.25) is 0 Å². The van der Waals surface area contributed by atoms with E-state index in [-0.39, 0.29) is 6.10 Å². The van der Waals surface area contributed by atoms with Crippen LogP contribution in [-0.4, -0.2) is 58.9 Å². The lowest BCUT2D eigenvalue weighted by Crippen LogP contribution is -2.31. The van der Waals surface area contributed by atoms with Crippen LogP contribution in [0.3, 0.4) is 0 Å². The molecule has 1 heterocycles. The first-order valence-corrected chi connectivity index (χ1v) is 9.45. The Labute approximate surface area is 165 Å². The highest BCUT2D eigenvalue weighted by Gasteiger charge is 2.15. The Balaban J connectivity index is 1.72. The number of hydrogen-bond donors (Lipinski definition) is 1. The van der Waals surface area contributed by atoms with Crippen LogP contribution in [0.5, 0.6) is 23.0 Å². The number of ether oxygens (including phenoxy) is 6. The Morgan fingerprint density at radius 1 is 0.714 bits per heavy atom. The third-order valence-corrected chi connectivity index (χ3v) is 3.99. The van der Waals surface area contributed by atoms with Crippen molar-refractivity contribution in [2.24, 2.45) is 5.73 Å². The molecule has 3 rings (SSSR count). The molecule has 0 bridgehead atoms. The molecule has 2 aromatic rings. The zero-order valence-corrected chi connectivity index (χ0v) is 15.9. The molecule has 0 amide bonds. The Morgan fingerprint density at radius 2 is 1.18 bits per heavy atom. The van der Waals surface area contributed by atoms with E-state index >= 15 is 0 Å². The molecule has 0 aliphatic carbocycles. The zero-order valence-electron chi connectivity index (χ0n) is 15.9. The topological polar surface area (TPSA) is 81.4 Å². The van der Waals surface area contributed by atoms with Gasteiger partial charge in [0.25, 0.3) is 0 Å². The molecule has 0 saturated carbocycles. The molecule has 28 heavy (non-hydrogen) atoms. The van der Waals surface area contributed by atoms with Gasteiger partial charge in [-0.05, 0) is 24.3 Å². The van der Waals surface area contributed by atoms with E-state index in [1.54, 1.807) is 0 Å². The van der Waals surface area contributed by atoms with Crippen molar-refractivity contribution in [2.45, 2.75) is 6.10 Å². The van der Waals surface area contributed by atoms with Gasteiger partial charge in [0.2, 0.25) is 0 Å². The molecule has 2 N–H and O–H groups in total. The summed E-state index contributed by atoms with van der Waals surface area (Å²) in [4.78, 5) is 0. The molecule has 1 aliphatic heterocycles. The summed E-state index contributed by atoms with van der Waals surface area (Å²) in [5.74, 6) is 2.64. The fraction of sp³-hybridized carbons (Fsp3) is 0.429. The van der Waals surface area contributed by atoms with E-state index in [1.165, 1.54) is 0 Å². The van der Waals surface area contributed by atoms with Gasteiger partial charge in [0, 0.05) is 6.54 Å². The van der Waals surface area contributed by atoms with Crippen LogP contribution in [0.25, 0.3) is 0 Å². The molecule has 0 fully saturated rings. The summed E-state index contributed by atoms with van der Waals surface area (Å²) in [6.07, 6.45) is -0.291. The van der Waals surface area contributed by atoms with Crippen LogP contribution >= 0.6 is 0 Å². The van der Waals surface area contributed by atoms with Crippen molar-refractivity contribution >= 4 is 0 Å². The van der Waals surface area contributed by atoms with Crippen molar-refractivity contribution in [3.63, 3.8) is 0 Å². The first-order valence-electron chi connectivity index (χ1n) is 9.45. The van der Waals surface area contributed by atoms with E-state index in [9.17, 15) is 0 Å². The van der Waals surface area contributed by atoms with Gasteiger partial charge in [0.1, 0.15) is 32.5 Å². The summed E-state index contributed by atoms with van der Waals surface area (Å²) in [6.45, 7) is 3.22. The summed E-state index contributed by atoms with van der Waals surface area (Å²) < 4.78 is 34.8. The number of fused-ring (bicyclic) bond motifs is 2. The molecular formula is C21H27NO6. The Bertz CT molecular complexity index is 655. The molecule has 1 aliphatic rings. The van der Waals surface area contributed by atoms with Gasteiger partial charge in [-0.1, -0.05) is 24.3 Å². The maximum Gasteiger partial charge on any atom is 0.161 e. The number of rotatable bonds is 3. The van der Waals surface area contributed by atoms with Gasteiger partial charge < -0.3 is 34.2 Å². The normalized spacial score (nSPS) is 16.5. The highest BCUT2D eigenvalue weighted by molar-refractivity contribution is 5.40. The van der Waals surface area contributed by atoms with Gasteiger partial charge >= 0.3 is 0 Å². The second kappa shape index (κ2) is 11.4. The third-order valence-electron chi connectivity index (χ3n) is 3.99. The maximum atomic E-state index is 5.94. The van der Waals surface area contributed by atoms with Crippen molar-refractivity contribution in [3.8, 4) is 23.0 Å². The highest BCUT2D eigenvalue weighted by atomic mass is 16.6. The van der Waals surface area contributed by atoms with Crippen molar-refractivity contribution in [1.29, 1.82) is 0 Å². The molecule has 0 radical (unpaired) electrons. The minimum atomic E-state index is -0.291. The monoisotopic (exact) mass is 389 g/mol. The van der Waals surface area contributed by atoms with Crippen molar-refractivity contribution < 1.29 is 28.4 Å². The largest absolute Gasteiger partial charge is 0.487 e. The average molecular weight is 389 g/mol. The predicted octanol–water partition coefficient (Wildman–Crippen LogP) is 2.28. The summed E-state index contributed by atoms with van der Waals surface area (Å²) in [6, 6.07) is 15.1. The van der Waals surface area contributed by atoms with Crippen LogP contribution in [0.4, 0.5) is 0 Å². The van der Waals surface area contributed by atoms with Crippen LogP contribution in [0, 0.1) is 0 Å².